The number of aryl methyl sites for hydroxylation is 2. The Kier molecular flexibility index (Phi) is 5.06. The molecule has 4 nitrogen and oxygen atoms in total. The molecule has 0 spiro atoms. The van der Waals surface area contributed by atoms with E-state index in [-0.39, 0.29) is 35.4 Å². The van der Waals surface area contributed by atoms with Gasteiger partial charge in [0.2, 0.25) is 0 Å². The van der Waals surface area contributed by atoms with E-state index in [9.17, 15) is 0 Å². The Balaban J connectivity index is 0.00000176. The van der Waals surface area contributed by atoms with Gasteiger partial charge >= 0.3 is 0 Å². The fourth-order valence-corrected chi connectivity index (χ4v) is 3.94. The number of hydrogen-bond donors (Lipinski definition) is 2. The summed E-state index contributed by atoms with van der Waals surface area (Å²) >= 11 is 0. The number of guanidine groups is 1. The molecule has 1 aromatic carbocycles. The van der Waals surface area contributed by atoms with Gasteiger partial charge in [0.05, 0.1) is 12.1 Å². The maximum absolute atomic E-state index is 6.12. The van der Waals surface area contributed by atoms with Crippen LogP contribution in [0.25, 0.3) is 0 Å². The Bertz CT molecular complexity index is 565. The van der Waals surface area contributed by atoms with E-state index >= 15 is 0 Å². The van der Waals surface area contributed by atoms with Gasteiger partial charge in [0, 0.05) is 23.6 Å². The predicted octanol–water partition coefficient (Wildman–Crippen LogP) is 3.46. The lowest BCUT2D eigenvalue weighted by atomic mass is 9.57. The Labute approximate surface area is 149 Å². The molecule has 0 aromatic heterocycles. The van der Waals surface area contributed by atoms with Crippen molar-refractivity contribution in [2.75, 3.05) is 11.9 Å². The van der Waals surface area contributed by atoms with Crippen molar-refractivity contribution >= 4 is 35.6 Å². The van der Waals surface area contributed by atoms with Crippen LogP contribution >= 0.6 is 24.0 Å². The zero-order valence-corrected chi connectivity index (χ0v) is 16.0. The smallest absolute Gasteiger partial charge is 0.193 e. The maximum atomic E-state index is 6.12. The molecule has 0 bridgehead atoms. The zero-order chi connectivity index (χ0) is 15.2. The van der Waals surface area contributed by atoms with Gasteiger partial charge in [-0.2, -0.15) is 0 Å². The topological polar surface area (TPSA) is 59.6 Å². The van der Waals surface area contributed by atoms with Crippen molar-refractivity contribution in [1.29, 1.82) is 0 Å². The van der Waals surface area contributed by atoms with Crippen LogP contribution < -0.4 is 11.1 Å². The summed E-state index contributed by atoms with van der Waals surface area (Å²) in [7, 11) is 0. The van der Waals surface area contributed by atoms with Crippen molar-refractivity contribution in [3.63, 3.8) is 0 Å². The molecule has 0 amide bonds. The number of hydrogen-bond acceptors (Lipinski definition) is 2. The molecular weight excluding hydrogens is 389 g/mol. The first kappa shape index (κ1) is 17.5. The second-order valence-electron chi connectivity index (χ2n) is 7.03. The number of halogens is 1. The predicted molar refractivity (Wildman–Crippen MR) is 102 cm³/mol. The third kappa shape index (κ3) is 3.11. The van der Waals surface area contributed by atoms with Gasteiger partial charge in [-0.3, -0.25) is 0 Å². The summed E-state index contributed by atoms with van der Waals surface area (Å²) in [5.41, 5.74) is 9.64. The third-order valence-electron chi connectivity index (χ3n) is 4.81. The van der Waals surface area contributed by atoms with Crippen molar-refractivity contribution in [1.82, 2.24) is 0 Å². The van der Waals surface area contributed by atoms with Gasteiger partial charge in [0.1, 0.15) is 0 Å². The fraction of sp³-hybridized carbons (Fsp3) is 0.588. The Morgan fingerprint density at radius 1 is 1.27 bits per heavy atom. The standard InChI is InChI=1S/C17H25N3O.HI/c1-10-7-11(2)9-12(8-10)19-16(18)20-14-13-5-6-21-15(13)17(14,3)4;/h7-9,13-15H,5-6H2,1-4H3,(H3,18,19,20);1H. The highest BCUT2D eigenvalue weighted by molar-refractivity contribution is 14.0. The molecule has 3 rings (SSSR count). The second-order valence-corrected chi connectivity index (χ2v) is 7.03. The first-order valence-corrected chi connectivity index (χ1v) is 7.68. The van der Waals surface area contributed by atoms with Crippen LogP contribution in [-0.4, -0.2) is 24.7 Å². The van der Waals surface area contributed by atoms with Crippen LogP contribution in [0.4, 0.5) is 5.69 Å². The monoisotopic (exact) mass is 415 g/mol. The number of nitrogens with zero attached hydrogens (tertiary/aromatic N) is 1. The van der Waals surface area contributed by atoms with E-state index in [1.54, 1.807) is 0 Å². The molecule has 2 fully saturated rings. The van der Waals surface area contributed by atoms with Crippen molar-refractivity contribution in [3.05, 3.63) is 29.3 Å². The number of rotatable bonds is 2. The number of ether oxygens (including phenoxy) is 1. The van der Waals surface area contributed by atoms with Crippen molar-refractivity contribution in [2.45, 2.75) is 46.3 Å². The lowest BCUT2D eigenvalue weighted by Gasteiger charge is -2.52. The van der Waals surface area contributed by atoms with Crippen LogP contribution in [0.2, 0.25) is 0 Å². The molecule has 22 heavy (non-hydrogen) atoms. The highest BCUT2D eigenvalue weighted by atomic mass is 127. The van der Waals surface area contributed by atoms with Gasteiger partial charge in [0.15, 0.2) is 5.96 Å². The zero-order valence-electron chi connectivity index (χ0n) is 13.7. The second kappa shape index (κ2) is 6.35. The number of aliphatic imine (C=N–C) groups is 1. The first-order chi connectivity index (χ1) is 9.88. The minimum atomic E-state index is 0. The molecule has 1 saturated heterocycles. The average molecular weight is 415 g/mol. The Hall–Kier alpha value is -0.820. The summed E-state index contributed by atoms with van der Waals surface area (Å²) in [5.74, 6) is 1.03. The van der Waals surface area contributed by atoms with Gasteiger partial charge in [-0.05, 0) is 43.5 Å². The van der Waals surface area contributed by atoms with E-state index in [1.165, 1.54) is 11.1 Å². The largest absolute Gasteiger partial charge is 0.377 e. The van der Waals surface area contributed by atoms with Crippen LogP contribution in [0, 0.1) is 25.2 Å². The molecule has 3 N–H and O–H groups in total. The van der Waals surface area contributed by atoms with Crippen LogP contribution in [0.5, 0.6) is 0 Å². The summed E-state index contributed by atoms with van der Waals surface area (Å²) in [6, 6.07) is 6.57. The molecule has 0 radical (unpaired) electrons. The number of fused-ring (bicyclic) bond motifs is 1. The Morgan fingerprint density at radius 2 is 1.91 bits per heavy atom. The van der Waals surface area contributed by atoms with Crippen molar-refractivity contribution in [2.24, 2.45) is 22.1 Å². The highest BCUT2D eigenvalue weighted by Gasteiger charge is 2.59. The molecule has 1 aliphatic carbocycles. The van der Waals surface area contributed by atoms with E-state index in [4.69, 9.17) is 15.5 Å². The van der Waals surface area contributed by atoms with E-state index in [2.05, 4.69) is 51.2 Å². The molecule has 122 valence electrons. The third-order valence-corrected chi connectivity index (χ3v) is 4.81. The van der Waals surface area contributed by atoms with E-state index < -0.39 is 0 Å². The molecule has 5 heteroatoms. The highest BCUT2D eigenvalue weighted by Crippen LogP contribution is 2.53. The van der Waals surface area contributed by atoms with E-state index in [1.807, 2.05) is 0 Å². The minimum absolute atomic E-state index is 0. The molecule has 1 saturated carbocycles. The van der Waals surface area contributed by atoms with Crippen LogP contribution in [0.1, 0.15) is 31.4 Å². The number of benzene rings is 1. The molecule has 3 unspecified atom stereocenters. The summed E-state index contributed by atoms with van der Waals surface area (Å²) in [6.07, 6.45) is 1.44. The van der Waals surface area contributed by atoms with Gasteiger partial charge in [-0.15, -0.1) is 24.0 Å². The lowest BCUT2D eigenvalue weighted by Crippen LogP contribution is -2.59. The summed E-state index contributed by atoms with van der Waals surface area (Å²) in [4.78, 5) is 4.74. The molecule has 1 heterocycles. The van der Waals surface area contributed by atoms with Crippen LogP contribution in [0.3, 0.4) is 0 Å². The lowest BCUT2D eigenvalue weighted by molar-refractivity contribution is -0.0985. The summed E-state index contributed by atoms with van der Waals surface area (Å²) < 4.78 is 5.80. The quantitative estimate of drug-likeness (QED) is 0.442. The van der Waals surface area contributed by atoms with Crippen molar-refractivity contribution in [3.8, 4) is 0 Å². The fourth-order valence-electron chi connectivity index (χ4n) is 3.94. The molecule has 2 aliphatic rings. The number of nitrogens with two attached hydrogens (primary N) is 1. The summed E-state index contributed by atoms with van der Waals surface area (Å²) in [5, 5.41) is 3.23. The van der Waals surface area contributed by atoms with Gasteiger partial charge < -0.3 is 15.8 Å². The first-order valence-electron chi connectivity index (χ1n) is 7.68. The SMILES string of the molecule is Cc1cc(C)cc(NC(N)=NC2C3CCOC3C2(C)C)c1.I. The van der Waals surface area contributed by atoms with Gasteiger partial charge in [-0.1, -0.05) is 19.9 Å². The molecule has 3 atom stereocenters. The van der Waals surface area contributed by atoms with E-state index in [0.29, 0.717) is 18.0 Å². The van der Waals surface area contributed by atoms with Crippen LogP contribution in [-0.2, 0) is 4.74 Å². The molecular formula is C17H26IN3O. The van der Waals surface area contributed by atoms with Gasteiger partial charge in [-0.25, -0.2) is 4.99 Å². The van der Waals surface area contributed by atoms with Crippen LogP contribution in [0.15, 0.2) is 23.2 Å². The maximum Gasteiger partial charge on any atom is 0.193 e. The van der Waals surface area contributed by atoms with Gasteiger partial charge in [0.25, 0.3) is 0 Å². The number of nitrogens with one attached hydrogen (secondary N) is 1. The number of anilines is 1. The van der Waals surface area contributed by atoms with E-state index in [0.717, 1.165) is 18.7 Å². The normalized spacial score (nSPS) is 29.3. The average Bonchev–Trinajstić information content (AvgIpc) is 2.81. The minimum Gasteiger partial charge on any atom is -0.377 e. The van der Waals surface area contributed by atoms with Crippen molar-refractivity contribution < 1.29 is 4.74 Å². The summed E-state index contributed by atoms with van der Waals surface area (Å²) in [6.45, 7) is 9.47. The Morgan fingerprint density at radius 3 is 2.55 bits per heavy atom. The molecule has 1 aromatic rings. The molecule has 1 aliphatic heterocycles.